The highest BCUT2D eigenvalue weighted by Gasteiger charge is 2.30. The van der Waals surface area contributed by atoms with Crippen LogP contribution >= 0.6 is 0 Å². The minimum absolute atomic E-state index is 0.340. The molecule has 0 aromatic carbocycles. The van der Waals surface area contributed by atoms with Crippen molar-refractivity contribution in [3.63, 3.8) is 0 Å². The molecular weight excluding hydrogens is 199 g/mol. The molecule has 1 amide bonds. The van der Waals surface area contributed by atoms with Crippen LogP contribution < -0.4 is 5.32 Å². The highest BCUT2D eigenvalue weighted by molar-refractivity contribution is 5.67. The lowest BCUT2D eigenvalue weighted by molar-refractivity contribution is -0.138. The molecule has 1 N–H and O–H groups in total. The third-order valence-electron chi connectivity index (χ3n) is 1.24. The molecule has 3 nitrogen and oxygen atoms in total. The van der Waals surface area contributed by atoms with Crippen LogP contribution in [0.15, 0.2) is 0 Å². The summed E-state index contributed by atoms with van der Waals surface area (Å²) >= 11 is 0. The van der Waals surface area contributed by atoms with Crippen molar-refractivity contribution >= 4 is 6.09 Å². The molecule has 0 bridgehead atoms. The smallest absolute Gasteiger partial charge is 0.407 e. The predicted octanol–water partition coefficient (Wildman–Crippen LogP) is 2.46. The zero-order valence-electron chi connectivity index (χ0n) is 8.31. The van der Waals surface area contributed by atoms with Crippen molar-refractivity contribution in [3.8, 4) is 0 Å². The fraction of sp³-hybridized carbons (Fsp3) is 0.875. The first-order chi connectivity index (χ1) is 6.20. The highest BCUT2D eigenvalue weighted by Crippen LogP contribution is 2.21. The van der Waals surface area contributed by atoms with Crippen molar-refractivity contribution in [1.29, 1.82) is 0 Å². The van der Waals surface area contributed by atoms with E-state index in [0.29, 0.717) is 0 Å². The Hall–Kier alpha value is -0.940. The third-order valence-corrected chi connectivity index (χ3v) is 1.24. The molecule has 0 saturated carbocycles. The van der Waals surface area contributed by atoms with Gasteiger partial charge in [0.15, 0.2) is 0 Å². The predicted molar refractivity (Wildman–Crippen MR) is 44.9 cm³/mol. The maximum absolute atomic E-state index is 11.8. The van der Waals surface area contributed by atoms with Crippen LogP contribution in [-0.2, 0) is 4.74 Å². The lowest BCUT2D eigenvalue weighted by Crippen LogP contribution is -2.37. The van der Waals surface area contributed by atoms with Crippen molar-refractivity contribution in [2.75, 3.05) is 0 Å². The molecule has 84 valence electrons. The van der Waals surface area contributed by atoms with Gasteiger partial charge < -0.3 is 10.1 Å². The molecule has 6 heteroatoms. The van der Waals surface area contributed by atoms with E-state index in [4.69, 9.17) is 0 Å². The minimum Gasteiger partial charge on any atom is -0.447 e. The van der Waals surface area contributed by atoms with Gasteiger partial charge in [-0.15, -0.1) is 0 Å². The highest BCUT2D eigenvalue weighted by atomic mass is 19.4. The lowest BCUT2D eigenvalue weighted by atomic mass is 10.2. The molecular formula is C8H14F3NO2. The number of carbonyl (C=O) groups excluding carboxylic acids is 1. The Kier molecular flexibility index (Phi) is 4.73. The van der Waals surface area contributed by atoms with Crippen molar-refractivity contribution in [2.24, 2.45) is 0 Å². The number of carbonyl (C=O) groups is 1. The number of hydrogen-bond donors (Lipinski definition) is 1. The summed E-state index contributed by atoms with van der Waals surface area (Å²) in [7, 11) is 0. The summed E-state index contributed by atoms with van der Waals surface area (Å²) in [6.07, 6.45) is -6.49. The Balaban J connectivity index is 3.83. The summed E-state index contributed by atoms with van der Waals surface area (Å²) in [6.45, 7) is 4.51. The average molecular weight is 213 g/mol. The number of hydrogen-bond acceptors (Lipinski definition) is 2. The minimum atomic E-state index is -4.27. The van der Waals surface area contributed by atoms with Gasteiger partial charge in [0.1, 0.15) is 0 Å². The summed E-state index contributed by atoms with van der Waals surface area (Å²) in [5, 5.41) is 2.09. The summed E-state index contributed by atoms with van der Waals surface area (Å²) in [6, 6.07) is -0.971. The molecule has 14 heavy (non-hydrogen) atoms. The van der Waals surface area contributed by atoms with Gasteiger partial charge in [-0.2, -0.15) is 13.2 Å². The van der Waals surface area contributed by atoms with Gasteiger partial charge in [0.05, 0.1) is 12.5 Å². The van der Waals surface area contributed by atoms with Crippen molar-refractivity contribution < 1.29 is 22.7 Å². The summed E-state index contributed by atoms with van der Waals surface area (Å²) in [5.41, 5.74) is 0. The molecule has 0 aromatic heterocycles. The number of ether oxygens (including phenoxy) is 1. The first-order valence-corrected chi connectivity index (χ1v) is 4.24. The van der Waals surface area contributed by atoms with E-state index in [0.717, 1.165) is 0 Å². The van der Waals surface area contributed by atoms with E-state index in [1.54, 1.807) is 13.8 Å². The third kappa shape index (κ3) is 7.70. The van der Waals surface area contributed by atoms with E-state index in [-0.39, 0.29) is 6.10 Å². The molecule has 0 saturated heterocycles. The largest absolute Gasteiger partial charge is 0.447 e. The molecule has 0 radical (unpaired) electrons. The van der Waals surface area contributed by atoms with E-state index < -0.39 is 24.7 Å². The second kappa shape index (κ2) is 5.07. The van der Waals surface area contributed by atoms with Crippen LogP contribution in [-0.4, -0.2) is 24.4 Å². The van der Waals surface area contributed by atoms with Crippen LogP contribution in [0, 0.1) is 0 Å². The molecule has 0 fully saturated rings. The lowest BCUT2D eigenvalue weighted by Gasteiger charge is -2.16. The molecule has 0 spiro atoms. The van der Waals surface area contributed by atoms with E-state index in [1.807, 2.05) is 0 Å². The Morgan fingerprint density at radius 1 is 1.36 bits per heavy atom. The number of alkyl carbamates (subject to hydrolysis) is 1. The first kappa shape index (κ1) is 13.1. The SMILES string of the molecule is CC(CC(F)(F)F)NC(=O)OC(C)C. The normalized spacial score (nSPS) is 13.9. The standard InChI is InChI=1S/C8H14F3NO2/c1-5(2)14-7(13)12-6(3)4-8(9,10)11/h5-6H,4H2,1-3H3,(H,12,13). The second-order valence-electron chi connectivity index (χ2n) is 3.32. The van der Waals surface area contributed by atoms with Crippen LogP contribution in [0.4, 0.5) is 18.0 Å². The van der Waals surface area contributed by atoms with Gasteiger partial charge in [0.25, 0.3) is 0 Å². The fourth-order valence-electron chi connectivity index (χ4n) is 0.847. The number of halogens is 3. The van der Waals surface area contributed by atoms with E-state index in [1.165, 1.54) is 6.92 Å². The van der Waals surface area contributed by atoms with Crippen molar-refractivity contribution in [1.82, 2.24) is 5.32 Å². The first-order valence-electron chi connectivity index (χ1n) is 4.24. The number of nitrogens with one attached hydrogen (secondary N) is 1. The van der Waals surface area contributed by atoms with Gasteiger partial charge >= 0.3 is 12.3 Å². The molecule has 1 atom stereocenters. The number of rotatable bonds is 3. The van der Waals surface area contributed by atoms with Crippen LogP contribution in [0.3, 0.4) is 0 Å². The molecule has 0 aromatic rings. The molecule has 0 aliphatic heterocycles. The molecule has 0 heterocycles. The Morgan fingerprint density at radius 3 is 2.21 bits per heavy atom. The number of alkyl halides is 3. The summed E-state index contributed by atoms with van der Waals surface area (Å²) in [4.78, 5) is 10.8. The topological polar surface area (TPSA) is 38.3 Å². The molecule has 1 unspecified atom stereocenters. The molecule has 0 aliphatic carbocycles. The monoisotopic (exact) mass is 213 g/mol. The van der Waals surface area contributed by atoms with Gasteiger partial charge in [0, 0.05) is 6.04 Å². The van der Waals surface area contributed by atoms with Gasteiger partial charge in [-0.1, -0.05) is 0 Å². The molecule has 0 rings (SSSR count). The maximum atomic E-state index is 11.8. The van der Waals surface area contributed by atoms with Crippen LogP contribution in [0.25, 0.3) is 0 Å². The maximum Gasteiger partial charge on any atom is 0.407 e. The van der Waals surface area contributed by atoms with Crippen molar-refractivity contribution in [3.05, 3.63) is 0 Å². The summed E-state index contributed by atoms with van der Waals surface area (Å²) < 4.78 is 40.1. The Morgan fingerprint density at radius 2 is 1.86 bits per heavy atom. The molecule has 0 aliphatic rings. The van der Waals surface area contributed by atoms with Crippen molar-refractivity contribution in [2.45, 2.75) is 45.5 Å². The zero-order valence-corrected chi connectivity index (χ0v) is 8.31. The Bertz CT molecular complexity index is 192. The number of amides is 1. The van der Waals surface area contributed by atoms with E-state index in [2.05, 4.69) is 10.1 Å². The summed E-state index contributed by atoms with van der Waals surface area (Å²) in [5.74, 6) is 0. The van der Waals surface area contributed by atoms with Crippen LogP contribution in [0.5, 0.6) is 0 Å². The second-order valence-corrected chi connectivity index (χ2v) is 3.32. The van der Waals surface area contributed by atoms with E-state index in [9.17, 15) is 18.0 Å². The van der Waals surface area contributed by atoms with Gasteiger partial charge in [-0.25, -0.2) is 4.79 Å². The Labute approximate surface area is 80.6 Å². The fourth-order valence-corrected chi connectivity index (χ4v) is 0.847. The van der Waals surface area contributed by atoms with Crippen LogP contribution in [0.1, 0.15) is 27.2 Å². The van der Waals surface area contributed by atoms with Gasteiger partial charge in [-0.05, 0) is 20.8 Å². The van der Waals surface area contributed by atoms with Gasteiger partial charge in [-0.3, -0.25) is 0 Å². The zero-order chi connectivity index (χ0) is 11.4. The van der Waals surface area contributed by atoms with E-state index >= 15 is 0 Å². The van der Waals surface area contributed by atoms with Gasteiger partial charge in [0.2, 0.25) is 0 Å². The quantitative estimate of drug-likeness (QED) is 0.782. The van der Waals surface area contributed by atoms with Crippen LogP contribution in [0.2, 0.25) is 0 Å². The average Bonchev–Trinajstić information content (AvgIpc) is 1.77.